The second kappa shape index (κ2) is 11.5. The molecule has 1 aliphatic heterocycles. The second-order valence-corrected chi connectivity index (χ2v) is 14.2. The monoisotopic (exact) mass is 632 g/mol. The highest BCUT2D eigenvalue weighted by Gasteiger charge is 2.24. The number of nitrogens with zero attached hydrogens (tertiary/aromatic N) is 6. The van der Waals surface area contributed by atoms with Crippen LogP contribution in [0.4, 0.5) is 0 Å². The van der Waals surface area contributed by atoms with Gasteiger partial charge in [-0.15, -0.1) is 0 Å². The molecule has 1 amide bonds. The van der Waals surface area contributed by atoms with Crippen molar-refractivity contribution >= 4 is 38.0 Å². The minimum atomic E-state index is -3.94. The van der Waals surface area contributed by atoms with E-state index in [1.54, 1.807) is 62.9 Å². The van der Waals surface area contributed by atoms with Crippen LogP contribution in [0.5, 0.6) is 0 Å². The molecule has 1 aliphatic rings. The van der Waals surface area contributed by atoms with Crippen LogP contribution in [0.3, 0.4) is 0 Å². The van der Waals surface area contributed by atoms with Crippen LogP contribution in [-0.2, 0) is 10.0 Å². The minimum absolute atomic E-state index is 0.103. The highest BCUT2D eigenvalue weighted by molar-refractivity contribution is 7.90. The van der Waals surface area contributed by atoms with Crippen LogP contribution < -0.4 is 0 Å². The van der Waals surface area contributed by atoms with Crippen LogP contribution in [-0.4, -0.2) is 76.9 Å². The average molecular weight is 633 g/mol. The molecule has 1 saturated heterocycles. The third kappa shape index (κ3) is 5.27. The molecule has 0 saturated carbocycles. The topological polar surface area (TPSA) is 93.3 Å². The molecule has 0 atom stereocenters. The average Bonchev–Trinajstić information content (AvgIpc) is 3.67. The first-order valence-electron chi connectivity index (χ1n) is 15.4. The Labute approximate surface area is 268 Å². The van der Waals surface area contributed by atoms with E-state index in [1.807, 2.05) is 31.5 Å². The van der Waals surface area contributed by atoms with Crippen molar-refractivity contribution in [2.45, 2.75) is 30.7 Å². The lowest BCUT2D eigenvalue weighted by Gasteiger charge is -2.30. The Kier molecular flexibility index (Phi) is 7.49. The summed E-state index contributed by atoms with van der Waals surface area (Å²) in [5, 5.41) is 0.692. The van der Waals surface area contributed by atoms with Crippen LogP contribution in [0.1, 0.15) is 34.8 Å². The molecule has 0 aliphatic carbocycles. The van der Waals surface area contributed by atoms with Crippen molar-refractivity contribution in [2.24, 2.45) is 0 Å². The number of aryl methyl sites for hydroxylation is 1. The molecule has 0 unspecified atom stereocenters. The van der Waals surface area contributed by atoms with Gasteiger partial charge < -0.3 is 14.4 Å². The number of pyridine rings is 1. The van der Waals surface area contributed by atoms with Gasteiger partial charge in [-0.05, 0) is 93.5 Å². The molecule has 3 aromatic heterocycles. The van der Waals surface area contributed by atoms with Crippen LogP contribution >= 0.6 is 0 Å². The van der Waals surface area contributed by atoms with Crippen molar-refractivity contribution in [3.8, 4) is 22.3 Å². The van der Waals surface area contributed by atoms with Gasteiger partial charge in [0.2, 0.25) is 0 Å². The zero-order valence-corrected chi connectivity index (χ0v) is 27.2. The van der Waals surface area contributed by atoms with Gasteiger partial charge in [0.1, 0.15) is 0 Å². The van der Waals surface area contributed by atoms with Gasteiger partial charge in [-0.2, -0.15) is 0 Å². The quantitative estimate of drug-likeness (QED) is 0.216. The number of benzene rings is 3. The van der Waals surface area contributed by atoms with Crippen molar-refractivity contribution in [3.05, 3.63) is 103 Å². The Bertz CT molecular complexity index is 2190. The van der Waals surface area contributed by atoms with Crippen molar-refractivity contribution in [3.63, 3.8) is 0 Å². The number of carbonyl (C=O) groups excluding carboxylic acids is 1. The predicted octanol–water partition coefficient (Wildman–Crippen LogP) is 6.23. The molecule has 10 heteroatoms. The fourth-order valence-electron chi connectivity index (χ4n) is 6.30. The van der Waals surface area contributed by atoms with Gasteiger partial charge >= 0.3 is 0 Å². The van der Waals surface area contributed by atoms with Crippen LogP contribution in [0.15, 0.2) is 96.4 Å². The van der Waals surface area contributed by atoms with E-state index in [4.69, 9.17) is 9.97 Å². The number of imidazole rings is 1. The van der Waals surface area contributed by atoms with Crippen molar-refractivity contribution in [1.29, 1.82) is 0 Å². The van der Waals surface area contributed by atoms with Gasteiger partial charge in [0.15, 0.2) is 5.65 Å². The lowest BCUT2D eigenvalue weighted by Crippen LogP contribution is -2.31. The molecule has 4 heterocycles. The van der Waals surface area contributed by atoms with Gasteiger partial charge in [-0.3, -0.25) is 4.79 Å². The summed E-state index contributed by atoms with van der Waals surface area (Å²) in [5.41, 5.74) is 7.17. The smallest absolute Gasteiger partial charge is 0.269 e. The number of aromatic nitrogens is 4. The first-order chi connectivity index (χ1) is 22.1. The molecular formula is C36H36N6O3S. The third-order valence-corrected chi connectivity index (χ3v) is 10.7. The van der Waals surface area contributed by atoms with E-state index in [1.165, 1.54) is 8.87 Å². The Morgan fingerprint density at radius 2 is 1.57 bits per heavy atom. The minimum Gasteiger partial charge on any atom is -0.345 e. The summed E-state index contributed by atoms with van der Waals surface area (Å²) >= 11 is 0. The van der Waals surface area contributed by atoms with Gasteiger partial charge in [0.05, 0.1) is 22.3 Å². The first kappa shape index (κ1) is 29.9. The molecule has 9 nitrogen and oxygen atoms in total. The normalized spacial score (nSPS) is 14.7. The summed E-state index contributed by atoms with van der Waals surface area (Å²) < 4.78 is 31.4. The zero-order valence-electron chi connectivity index (χ0n) is 26.4. The van der Waals surface area contributed by atoms with Crippen LogP contribution in [0, 0.1) is 6.92 Å². The molecule has 1 fully saturated rings. The van der Waals surface area contributed by atoms with E-state index in [9.17, 15) is 13.2 Å². The summed E-state index contributed by atoms with van der Waals surface area (Å²) in [7, 11) is 1.65. The molecule has 0 bridgehead atoms. The molecular weight excluding hydrogens is 597 g/mol. The van der Waals surface area contributed by atoms with E-state index < -0.39 is 10.0 Å². The lowest BCUT2D eigenvalue weighted by molar-refractivity contribution is 0.0827. The van der Waals surface area contributed by atoms with E-state index >= 15 is 0 Å². The molecule has 0 radical (unpaired) electrons. The fraction of sp³-hybridized carbons (Fsp3) is 0.250. The number of amides is 1. The Balaban J connectivity index is 1.34. The summed E-state index contributed by atoms with van der Waals surface area (Å²) in [5.74, 6) is -0.103. The molecule has 0 spiro atoms. The summed E-state index contributed by atoms with van der Waals surface area (Å²) in [6, 6.07) is 22.7. The van der Waals surface area contributed by atoms with Crippen LogP contribution in [0.2, 0.25) is 0 Å². The molecule has 0 N–H and O–H groups in total. The predicted molar refractivity (Wildman–Crippen MR) is 181 cm³/mol. The molecule has 6 aromatic rings. The number of hydrogen-bond donors (Lipinski definition) is 0. The zero-order chi connectivity index (χ0) is 32.2. The van der Waals surface area contributed by atoms with Crippen molar-refractivity contribution in [2.75, 3.05) is 34.2 Å². The number of rotatable bonds is 6. The van der Waals surface area contributed by atoms with Crippen LogP contribution in [0.25, 0.3) is 44.3 Å². The van der Waals surface area contributed by atoms with Gasteiger partial charge in [-0.1, -0.05) is 35.9 Å². The second-order valence-electron chi connectivity index (χ2n) is 12.4. The summed E-state index contributed by atoms with van der Waals surface area (Å²) in [6.45, 7) is 4.07. The fourth-order valence-corrected chi connectivity index (χ4v) is 7.62. The molecule has 7 rings (SSSR count). The van der Waals surface area contributed by atoms with Gasteiger partial charge in [0, 0.05) is 54.6 Å². The molecule has 3 aromatic carbocycles. The Morgan fingerprint density at radius 3 is 2.26 bits per heavy atom. The van der Waals surface area contributed by atoms with Crippen molar-refractivity contribution < 1.29 is 13.2 Å². The maximum atomic E-state index is 13.9. The number of carbonyl (C=O) groups is 1. The standard InChI is InChI=1S/C36H36N6O3S/c1-24-5-12-30(13-6-24)46(44,45)42-22-32(25-7-9-26(10-8-25)36(43)39(2)3)31-19-28(21-37-35(31)42)27-11-14-34-33(20-27)38-23-41(34)29-15-17-40(4)18-16-29/h5-14,19-23,29H,15-18H2,1-4H3. The lowest BCUT2D eigenvalue weighted by atomic mass is 10.0. The third-order valence-electron chi connectivity index (χ3n) is 9.03. The number of piperidine rings is 1. The maximum Gasteiger partial charge on any atom is 0.269 e. The Hall–Kier alpha value is -4.80. The summed E-state index contributed by atoms with van der Waals surface area (Å²) in [4.78, 5) is 26.1. The van der Waals surface area contributed by atoms with E-state index in [2.05, 4.69) is 34.7 Å². The van der Waals surface area contributed by atoms with E-state index in [0.29, 0.717) is 28.2 Å². The van der Waals surface area contributed by atoms with Gasteiger partial charge in [-0.25, -0.2) is 22.4 Å². The maximum absolute atomic E-state index is 13.9. The SMILES string of the molecule is Cc1ccc(S(=O)(=O)n2cc(-c3ccc(C(=O)N(C)C)cc3)c3cc(-c4ccc5c(c4)ncn5C4CCN(C)CC4)cnc32)cc1. The van der Waals surface area contributed by atoms with E-state index in [0.717, 1.165) is 59.2 Å². The number of hydrogen-bond acceptors (Lipinski definition) is 6. The van der Waals surface area contributed by atoms with E-state index in [-0.39, 0.29) is 10.8 Å². The highest BCUT2D eigenvalue weighted by atomic mass is 32.2. The summed E-state index contributed by atoms with van der Waals surface area (Å²) in [6.07, 6.45) is 7.50. The largest absolute Gasteiger partial charge is 0.345 e. The van der Waals surface area contributed by atoms with Crippen molar-refractivity contribution in [1.82, 2.24) is 28.3 Å². The molecule has 234 valence electrons. The number of likely N-dealkylation sites (tertiary alicyclic amines) is 1. The van der Waals surface area contributed by atoms with Gasteiger partial charge in [0.25, 0.3) is 15.9 Å². The highest BCUT2D eigenvalue weighted by Crippen LogP contribution is 2.36. The first-order valence-corrected chi connectivity index (χ1v) is 16.8. The Morgan fingerprint density at radius 1 is 0.870 bits per heavy atom. The molecule has 46 heavy (non-hydrogen) atoms. The number of fused-ring (bicyclic) bond motifs is 2.